The second-order valence-corrected chi connectivity index (χ2v) is 6.82. The van der Waals surface area contributed by atoms with Gasteiger partial charge in [-0.3, -0.25) is 4.79 Å². The van der Waals surface area contributed by atoms with E-state index in [1.165, 1.54) is 0 Å². The van der Waals surface area contributed by atoms with Gasteiger partial charge in [0.1, 0.15) is 4.33 Å². The van der Waals surface area contributed by atoms with Crippen molar-refractivity contribution in [1.82, 2.24) is 20.1 Å². The van der Waals surface area contributed by atoms with E-state index in [4.69, 9.17) is 23.2 Å². The molecule has 1 aliphatic carbocycles. The molecule has 0 saturated heterocycles. The molecule has 2 heterocycles. The van der Waals surface area contributed by atoms with Gasteiger partial charge in [-0.2, -0.15) is 5.10 Å². The SMILES string of the molecule is C[C@@]1(C(=O)NCc2cccnc2-n2cccn2)CC1(Cl)Cl. The molecule has 1 N–H and O–H groups in total. The number of nitrogens with one attached hydrogen (secondary N) is 1. The Morgan fingerprint density at radius 3 is 2.81 bits per heavy atom. The Balaban J connectivity index is 1.74. The number of pyridine rings is 1. The number of rotatable bonds is 4. The van der Waals surface area contributed by atoms with Crippen molar-refractivity contribution in [2.75, 3.05) is 0 Å². The van der Waals surface area contributed by atoms with E-state index >= 15 is 0 Å². The third kappa shape index (κ3) is 2.51. The molecule has 0 aromatic carbocycles. The molecule has 1 amide bonds. The topological polar surface area (TPSA) is 59.8 Å². The molecular weight excluding hydrogens is 311 g/mol. The van der Waals surface area contributed by atoms with E-state index in [0.717, 1.165) is 5.56 Å². The van der Waals surface area contributed by atoms with E-state index in [9.17, 15) is 4.79 Å². The lowest BCUT2D eigenvalue weighted by Gasteiger charge is -2.14. The van der Waals surface area contributed by atoms with Gasteiger partial charge in [-0.25, -0.2) is 9.67 Å². The van der Waals surface area contributed by atoms with Crippen LogP contribution in [0.4, 0.5) is 0 Å². The Morgan fingerprint density at radius 2 is 2.19 bits per heavy atom. The van der Waals surface area contributed by atoms with Crippen LogP contribution in [-0.2, 0) is 11.3 Å². The number of carbonyl (C=O) groups is 1. The average Bonchev–Trinajstić information content (AvgIpc) is 2.87. The minimum Gasteiger partial charge on any atom is -0.351 e. The van der Waals surface area contributed by atoms with Gasteiger partial charge in [0.15, 0.2) is 5.82 Å². The van der Waals surface area contributed by atoms with Gasteiger partial charge in [-0.15, -0.1) is 23.2 Å². The van der Waals surface area contributed by atoms with Crippen LogP contribution in [0.15, 0.2) is 36.8 Å². The number of hydrogen-bond donors (Lipinski definition) is 1. The molecular formula is C14H14Cl2N4O. The van der Waals surface area contributed by atoms with Crippen molar-refractivity contribution in [2.24, 2.45) is 5.41 Å². The predicted molar refractivity (Wildman–Crippen MR) is 80.4 cm³/mol. The molecule has 0 bridgehead atoms. The van der Waals surface area contributed by atoms with E-state index in [1.807, 2.05) is 18.2 Å². The summed E-state index contributed by atoms with van der Waals surface area (Å²) in [4.78, 5) is 16.5. The number of aromatic nitrogens is 3. The van der Waals surface area contributed by atoms with Crippen molar-refractivity contribution in [2.45, 2.75) is 24.2 Å². The van der Waals surface area contributed by atoms with Gasteiger partial charge in [-0.1, -0.05) is 6.07 Å². The summed E-state index contributed by atoms with van der Waals surface area (Å²) in [7, 11) is 0. The lowest BCUT2D eigenvalue weighted by molar-refractivity contribution is -0.125. The van der Waals surface area contributed by atoms with Crippen molar-refractivity contribution in [3.05, 3.63) is 42.4 Å². The first-order chi connectivity index (χ1) is 9.94. The molecule has 3 rings (SSSR count). The summed E-state index contributed by atoms with van der Waals surface area (Å²) in [6.45, 7) is 2.11. The second-order valence-electron chi connectivity index (χ2n) is 5.33. The van der Waals surface area contributed by atoms with Crippen LogP contribution in [0, 0.1) is 5.41 Å². The molecule has 0 radical (unpaired) electrons. The van der Waals surface area contributed by atoms with Crippen LogP contribution in [0.2, 0.25) is 0 Å². The fourth-order valence-electron chi connectivity index (χ4n) is 2.19. The molecule has 1 atom stereocenters. The third-order valence-electron chi connectivity index (χ3n) is 3.79. The highest BCUT2D eigenvalue weighted by Crippen LogP contribution is 2.63. The third-order valence-corrected chi connectivity index (χ3v) is 4.89. The van der Waals surface area contributed by atoms with Crippen molar-refractivity contribution < 1.29 is 4.79 Å². The zero-order chi connectivity index (χ0) is 15.1. The van der Waals surface area contributed by atoms with Gasteiger partial charge in [0.2, 0.25) is 5.91 Å². The standard InChI is InChI=1S/C14H14Cl2N4O/c1-13(9-14(13,15)16)12(21)18-8-10-4-2-5-17-11(10)20-7-3-6-19-20/h2-7H,8-9H2,1H3,(H,18,21)/t13-/m0/s1. The van der Waals surface area contributed by atoms with Crippen LogP contribution in [0.25, 0.3) is 5.82 Å². The maximum absolute atomic E-state index is 12.2. The summed E-state index contributed by atoms with van der Waals surface area (Å²) in [5, 5.41) is 7.03. The first-order valence-electron chi connectivity index (χ1n) is 6.54. The zero-order valence-electron chi connectivity index (χ0n) is 11.4. The molecule has 5 nitrogen and oxygen atoms in total. The van der Waals surface area contributed by atoms with Crippen LogP contribution in [0.5, 0.6) is 0 Å². The van der Waals surface area contributed by atoms with Gasteiger partial charge in [0, 0.05) is 30.7 Å². The molecule has 1 saturated carbocycles. The van der Waals surface area contributed by atoms with Gasteiger partial charge in [0.25, 0.3) is 0 Å². The Morgan fingerprint density at radius 1 is 1.43 bits per heavy atom. The zero-order valence-corrected chi connectivity index (χ0v) is 12.9. The minimum absolute atomic E-state index is 0.150. The van der Waals surface area contributed by atoms with Gasteiger partial charge < -0.3 is 5.32 Å². The van der Waals surface area contributed by atoms with Gasteiger partial charge in [0.05, 0.1) is 5.41 Å². The van der Waals surface area contributed by atoms with Crippen LogP contribution in [-0.4, -0.2) is 25.0 Å². The summed E-state index contributed by atoms with van der Waals surface area (Å²) >= 11 is 12.0. The quantitative estimate of drug-likeness (QED) is 0.879. The summed E-state index contributed by atoms with van der Waals surface area (Å²) in [5.41, 5.74) is 0.151. The number of hydrogen-bond acceptors (Lipinski definition) is 3. The molecule has 1 aliphatic rings. The number of nitrogens with zero attached hydrogens (tertiary/aromatic N) is 3. The number of amides is 1. The molecule has 0 aliphatic heterocycles. The first-order valence-corrected chi connectivity index (χ1v) is 7.30. The molecule has 0 spiro atoms. The smallest absolute Gasteiger partial charge is 0.229 e. The average molecular weight is 325 g/mol. The molecule has 1 fully saturated rings. The fourth-order valence-corrected chi connectivity index (χ4v) is 2.89. The van der Waals surface area contributed by atoms with Crippen molar-refractivity contribution in [1.29, 1.82) is 0 Å². The lowest BCUT2D eigenvalue weighted by Crippen LogP contribution is -2.33. The van der Waals surface area contributed by atoms with Crippen molar-refractivity contribution in [3.63, 3.8) is 0 Å². The molecule has 2 aromatic rings. The first kappa shape index (κ1) is 14.4. The number of halogens is 2. The normalized spacial score (nSPS) is 22.8. The number of carbonyl (C=O) groups excluding carboxylic acids is 1. The molecule has 110 valence electrons. The maximum atomic E-state index is 12.2. The lowest BCUT2D eigenvalue weighted by atomic mass is 10.1. The van der Waals surface area contributed by atoms with E-state index in [2.05, 4.69) is 15.4 Å². The number of alkyl halides is 2. The van der Waals surface area contributed by atoms with E-state index in [1.54, 1.807) is 30.2 Å². The van der Waals surface area contributed by atoms with Gasteiger partial charge in [-0.05, 0) is 25.5 Å². The fraction of sp³-hybridized carbons (Fsp3) is 0.357. The van der Waals surface area contributed by atoms with Crippen LogP contribution < -0.4 is 5.32 Å². The van der Waals surface area contributed by atoms with E-state index < -0.39 is 9.75 Å². The highest BCUT2D eigenvalue weighted by molar-refractivity contribution is 6.53. The highest BCUT2D eigenvalue weighted by Gasteiger charge is 2.67. The monoisotopic (exact) mass is 324 g/mol. The van der Waals surface area contributed by atoms with Crippen LogP contribution in [0.3, 0.4) is 0 Å². The Bertz CT molecular complexity index is 671. The predicted octanol–water partition coefficient (Wildman–Crippen LogP) is 2.47. The Hall–Kier alpha value is -1.59. The van der Waals surface area contributed by atoms with Crippen molar-refractivity contribution >= 4 is 29.1 Å². The van der Waals surface area contributed by atoms with Gasteiger partial charge >= 0.3 is 0 Å². The van der Waals surface area contributed by atoms with Crippen molar-refractivity contribution in [3.8, 4) is 5.82 Å². The second kappa shape index (κ2) is 5.00. The minimum atomic E-state index is -0.961. The summed E-state index contributed by atoms with van der Waals surface area (Å²) in [5.74, 6) is 0.537. The van der Waals surface area contributed by atoms with E-state index in [-0.39, 0.29) is 5.91 Å². The summed E-state index contributed by atoms with van der Waals surface area (Å²) in [6.07, 6.45) is 5.64. The molecule has 21 heavy (non-hydrogen) atoms. The maximum Gasteiger partial charge on any atom is 0.229 e. The Labute approximate surface area is 132 Å². The molecule has 0 unspecified atom stereocenters. The van der Waals surface area contributed by atoms with E-state index in [0.29, 0.717) is 18.8 Å². The molecule has 2 aromatic heterocycles. The Kier molecular flexibility index (Phi) is 3.42. The summed E-state index contributed by atoms with van der Waals surface area (Å²) < 4.78 is 0.699. The molecule has 7 heteroatoms. The highest BCUT2D eigenvalue weighted by atomic mass is 35.5. The summed E-state index contributed by atoms with van der Waals surface area (Å²) in [6, 6.07) is 5.53. The van der Waals surface area contributed by atoms with Crippen LogP contribution in [0.1, 0.15) is 18.9 Å². The van der Waals surface area contributed by atoms with Crippen LogP contribution >= 0.6 is 23.2 Å². The largest absolute Gasteiger partial charge is 0.351 e.